The van der Waals surface area contributed by atoms with Gasteiger partial charge in [0.2, 0.25) is 0 Å². The lowest BCUT2D eigenvalue weighted by molar-refractivity contribution is 0.331. The van der Waals surface area contributed by atoms with E-state index in [0.717, 1.165) is 30.6 Å². The zero-order valence-electron chi connectivity index (χ0n) is 42.8. The number of nitrogens with zero attached hydrogens (tertiary/aromatic N) is 2. The molecule has 2 aliphatic rings. The first-order valence-electron chi connectivity index (χ1n) is 24.6. The quantitative estimate of drug-likeness (QED) is 0.140. The van der Waals surface area contributed by atoms with E-state index >= 15 is 0 Å². The minimum absolute atomic E-state index is 0.0237. The highest BCUT2D eigenvalue weighted by atomic mass is 32.1. The molecule has 0 bridgehead atoms. The molecule has 0 N–H and O–H groups in total. The fourth-order valence-electron chi connectivity index (χ4n) is 11.1. The van der Waals surface area contributed by atoms with E-state index in [1.807, 2.05) is 11.3 Å². The smallest absolute Gasteiger partial charge is 0.0955 e. The molecule has 336 valence electrons. The summed E-state index contributed by atoms with van der Waals surface area (Å²) in [5.74, 6) is 0. The zero-order chi connectivity index (χ0) is 47.4. The molecular formula is C60H71B3N2S. The molecular weight excluding hydrogens is 813 g/mol. The third-order valence-corrected chi connectivity index (χ3v) is 16.5. The maximum Gasteiger partial charge on any atom is 0.0955 e. The van der Waals surface area contributed by atoms with E-state index in [2.05, 4.69) is 243 Å². The van der Waals surface area contributed by atoms with Gasteiger partial charge in [-0.2, -0.15) is 0 Å². The van der Waals surface area contributed by atoms with Crippen LogP contribution < -0.4 is 9.80 Å². The van der Waals surface area contributed by atoms with Crippen molar-refractivity contribution in [1.82, 2.24) is 0 Å². The van der Waals surface area contributed by atoms with Crippen LogP contribution in [0.1, 0.15) is 141 Å². The second-order valence-electron chi connectivity index (χ2n) is 24.6. The molecule has 0 fully saturated rings. The Hall–Kier alpha value is -4.93. The number of hydrogen-bond donors (Lipinski definition) is 0. The normalized spacial score (nSPS) is 17.2. The van der Waals surface area contributed by atoms with E-state index in [-0.39, 0.29) is 32.2 Å². The number of anilines is 6. The van der Waals surface area contributed by atoms with Crippen LogP contribution in [0, 0.1) is 6.92 Å². The van der Waals surface area contributed by atoms with Crippen LogP contribution in [-0.4, -0.2) is 23.5 Å². The third kappa shape index (κ3) is 8.29. The molecule has 0 saturated carbocycles. The number of hydrogen-bond acceptors (Lipinski definition) is 3. The number of aryl methyl sites for hydroxylation is 1. The molecule has 66 heavy (non-hydrogen) atoms. The fraction of sp³-hybridized carbons (Fsp3) is 0.367. The third-order valence-electron chi connectivity index (χ3n) is 15.6. The average Bonchev–Trinajstić information content (AvgIpc) is 3.67. The van der Waals surface area contributed by atoms with Gasteiger partial charge in [-0.25, -0.2) is 0 Å². The first-order chi connectivity index (χ1) is 30.9. The molecule has 1 aromatic heterocycles. The number of rotatable bonds is 8. The van der Waals surface area contributed by atoms with E-state index in [1.165, 1.54) is 89.3 Å². The van der Waals surface area contributed by atoms with Crippen molar-refractivity contribution >= 4 is 79.1 Å². The summed E-state index contributed by atoms with van der Waals surface area (Å²) >= 11 is 1.84. The Morgan fingerprint density at radius 1 is 0.500 bits per heavy atom. The minimum Gasteiger partial charge on any atom is -0.309 e. The Morgan fingerprint density at radius 3 is 1.70 bits per heavy atom. The van der Waals surface area contributed by atoms with Crippen molar-refractivity contribution in [3.05, 3.63) is 166 Å². The summed E-state index contributed by atoms with van der Waals surface area (Å²) in [4.78, 5) is 5.22. The van der Waals surface area contributed by atoms with Crippen molar-refractivity contribution in [1.29, 1.82) is 0 Å². The molecule has 0 radical (unpaired) electrons. The van der Waals surface area contributed by atoms with Crippen LogP contribution in [0.5, 0.6) is 0 Å². The SMILES string of the molecule is BC(B)(B)c1ccc2scc(N(c3ccc(C(C)(C)C)cc3)c3cc(C)cc(N(c4cc5c(cc4-c4ccccc4)C(C)(C)CCC5(C)C)c4cccc5c4C(C)(C)CCC5(C)C)c3)c2c1. The maximum atomic E-state index is 2.68. The van der Waals surface area contributed by atoms with E-state index in [0.29, 0.717) is 0 Å². The summed E-state index contributed by atoms with van der Waals surface area (Å²) in [7, 11) is 6.96. The first kappa shape index (κ1) is 46.2. The highest BCUT2D eigenvalue weighted by Crippen LogP contribution is 2.56. The van der Waals surface area contributed by atoms with Gasteiger partial charge in [-0.3, -0.25) is 0 Å². The van der Waals surface area contributed by atoms with Crippen LogP contribution in [0.4, 0.5) is 34.1 Å². The van der Waals surface area contributed by atoms with Crippen LogP contribution in [0.25, 0.3) is 21.2 Å². The lowest BCUT2D eigenvalue weighted by atomic mass is 9.40. The summed E-state index contributed by atoms with van der Waals surface area (Å²) in [5, 5.41) is 3.70. The van der Waals surface area contributed by atoms with Gasteiger partial charge in [0, 0.05) is 38.1 Å². The second kappa shape index (κ2) is 16.1. The molecule has 0 aliphatic heterocycles. The standard InChI is InChI=1S/C60H71B3N2S/c1-38-31-43(64(42-24-21-40(22-25-42)55(2,3)4)52-37-66-53-26-23-41(33-46(52)53)60(61,62)63)34-44(32-38)65(50-20-16-19-47-54(50)59(11,12)30-29-56(47,5)6)51-36-49-48(57(7,8)27-28-58(49,9)10)35-45(51)39-17-14-13-15-18-39/h13-26,31-37H,27-30,61-63H2,1-12H3. The van der Waals surface area contributed by atoms with Gasteiger partial charge >= 0.3 is 0 Å². The van der Waals surface area contributed by atoms with Crippen LogP contribution in [-0.2, 0) is 32.2 Å². The molecule has 2 nitrogen and oxygen atoms in total. The van der Waals surface area contributed by atoms with Crippen molar-refractivity contribution in [3.63, 3.8) is 0 Å². The number of benzene rings is 6. The highest BCUT2D eigenvalue weighted by molar-refractivity contribution is 7.17. The number of fused-ring (bicyclic) bond motifs is 3. The van der Waals surface area contributed by atoms with Gasteiger partial charge in [0.25, 0.3) is 0 Å². The molecule has 7 aromatic rings. The summed E-state index contributed by atoms with van der Waals surface area (Å²) < 4.78 is 1.30. The molecule has 2 aliphatic carbocycles. The zero-order valence-corrected chi connectivity index (χ0v) is 43.6. The molecule has 9 rings (SSSR count). The molecule has 0 saturated heterocycles. The Bertz CT molecular complexity index is 2960. The predicted molar refractivity (Wildman–Crippen MR) is 298 cm³/mol. The van der Waals surface area contributed by atoms with E-state index in [9.17, 15) is 0 Å². The molecule has 6 aromatic carbocycles. The van der Waals surface area contributed by atoms with Gasteiger partial charge in [0.15, 0.2) is 0 Å². The van der Waals surface area contributed by atoms with Crippen molar-refractivity contribution in [2.75, 3.05) is 9.80 Å². The summed E-state index contributed by atoms with van der Waals surface area (Å²) in [6.45, 7) is 28.9. The van der Waals surface area contributed by atoms with Gasteiger partial charge in [-0.1, -0.05) is 148 Å². The van der Waals surface area contributed by atoms with Gasteiger partial charge in [-0.05, 0) is 159 Å². The van der Waals surface area contributed by atoms with Crippen LogP contribution in [0.15, 0.2) is 127 Å². The topological polar surface area (TPSA) is 6.48 Å². The largest absolute Gasteiger partial charge is 0.309 e. The summed E-state index contributed by atoms with van der Waals surface area (Å²) in [5.41, 5.74) is 19.7. The Balaban J connectivity index is 1.38. The molecule has 6 heteroatoms. The van der Waals surface area contributed by atoms with Crippen molar-refractivity contribution < 1.29 is 0 Å². The fourth-order valence-corrected chi connectivity index (χ4v) is 12.0. The summed E-state index contributed by atoms with van der Waals surface area (Å²) in [6.07, 6.45) is 4.62. The maximum absolute atomic E-state index is 2.68. The van der Waals surface area contributed by atoms with Crippen molar-refractivity contribution in [3.8, 4) is 11.1 Å². The highest BCUT2D eigenvalue weighted by Gasteiger charge is 2.42. The van der Waals surface area contributed by atoms with Crippen LogP contribution in [0.2, 0.25) is 0 Å². The monoisotopic (exact) mass is 885 g/mol. The lowest BCUT2D eigenvalue weighted by Crippen LogP contribution is -2.36. The van der Waals surface area contributed by atoms with Crippen molar-refractivity contribution in [2.45, 2.75) is 141 Å². The lowest BCUT2D eigenvalue weighted by Gasteiger charge is -2.46. The van der Waals surface area contributed by atoms with E-state index in [4.69, 9.17) is 0 Å². The summed E-state index contributed by atoms with van der Waals surface area (Å²) in [6, 6.07) is 47.4. The average molecular weight is 885 g/mol. The minimum atomic E-state index is -0.0318. The van der Waals surface area contributed by atoms with Gasteiger partial charge in [0.1, 0.15) is 0 Å². The van der Waals surface area contributed by atoms with E-state index < -0.39 is 0 Å². The molecule has 0 spiro atoms. The van der Waals surface area contributed by atoms with Crippen LogP contribution in [0.3, 0.4) is 0 Å². The Kier molecular flexibility index (Phi) is 11.3. The van der Waals surface area contributed by atoms with Gasteiger partial charge < -0.3 is 9.80 Å². The van der Waals surface area contributed by atoms with Crippen LogP contribution >= 0.6 is 11.3 Å². The molecule has 0 unspecified atom stereocenters. The van der Waals surface area contributed by atoms with E-state index in [1.54, 1.807) is 0 Å². The van der Waals surface area contributed by atoms with Gasteiger partial charge in [0.05, 0.1) is 40.6 Å². The molecule has 1 heterocycles. The Labute approximate surface area is 404 Å². The Morgan fingerprint density at radius 2 is 1.08 bits per heavy atom. The number of thiophene rings is 1. The predicted octanol–water partition coefficient (Wildman–Crippen LogP) is 14.8. The van der Waals surface area contributed by atoms with Crippen molar-refractivity contribution in [2.24, 2.45) is 0 Å². The molecule has 0 atom stereocenters. The first-order valence-corrected chi connectivity index (χ1v) is 25.5. The van der Waals surface area contributed by atoms with Gasteiger partial charge in [-0.15, -0.1) is 11.3 Å². The molecule has 0 amide bonds. The second-order valence-corrected chi connectivity index (χ2v) is 25.5.